The fourth-order valence-electron chi connectivity index (χ4n) is 4.16. The van der Waals surface area contributed by atoms with E-state index in [-0.39, 0.29) is 6.04 Å². The molecule has 0 saturated carbocycles. The lowest BCUT2D eigenvalue weighted by molar-refractivity contribution is 0.355. The number of ether oxygens (including phenoxy) is 2. The van der Waals surface area contributed by atoms with E-state index in [9.17, 15) is 8.42 Å². The molecule has 31 heavy (non-hydrogen) atoms. The summed E-state index contributed by atoms with van der Waals surface area (Å²) in [6.07, 6.45) is 1.93. The Bertz CT molecular complexity index is 1240. The summed E-state index contributed by atoms with van der Waals surface area (Å²) in [7, 11) is -0.0306. The number of rotatable bonds is 6. The van der Waals surface area contributed by atoms with Gasteiger partial charge >= 0.3 is 0 Å². The second kappa shape index (κ2) is 8.01. The Kier molecular flexibility index (Phi) is 5.52. The first-order chi connectivity index (χ1) is 14.7. The summed E-state index contributed by atoms with van der Waals surface area (Å²) in [5, 5.41) is 4.73. The SMILES string of the molecule is COc1ccc(-c2c(C)nc3c(N4CC[C@@H](NS(C)(=O)=O)C4)cc(C)nn23)cc1OC. The highest BCUT2D eigenvalue weighted by molar-refractivity contribution is 7.88. The van der Waals surface area contributed by atoms with Crippen molar-refractivity contribution in [2.24, 2.45) is 0 Å². The number of aromatic nitrogens is 3. The Morgan fingerprint density at radius 3 is 2.55 bits per heavy atom. The van der Waals surface area contributed by atoms with Gasteiger partial charge in [-0.2, -0.15) is 5.10 Å². The van der Waals surface area contributed by atoms with Gasteiger partial charge in [0.05, 0.1) is 43.2 Å². The molecule has 1 fully saturated rings. The lowest BCUT2D eigenvalue weighted by atomic mass is 10.1. The van der Waals surface area contributed by atoms with Crippen LogP contribution >= 0.6 is 0 Å². The van der Waals surface area contributed by atoms with Crippen molar-refractivity contribution in [1.29, 1.82) is 0 Å². The van der Waals surface area contributed by atoms with Gasteiger partial charge in [-0.25, -0.2) is 22.6 Å². The monoisotopic (exact) mass is 445 g/mol. The zero-order valence-corrected chi connectivity index (χ0v) is 19.2. The van der Waals surface area contributed by atoms with Gasteiger partial charge in [0.15, 0.2) is 17.1 Å². The molecule has 0 radical (unpaired) electrons. The van der Waals surface area contributed by atoms with Gasteiger partial charge in [0.2, 0.25) is 10.0 Å². The average Bonchev–Trinajstić information content (AvgIpc) is 3.29. The van der Waals surface area contributed by atoms with Crippen LogP contribution in [0.1, 0.15) is 17.8 Å². The largest absolute Gasteiger partial charge is 0.493 e. The number of nitrogens with zero attached hydrogens (tertiary/aromatic N) is 4. The van der Waals surface area contributed by atoms with Crippen molar-refractivity contribution >= 4 is 21.4 Å². The van der Waals surface area contributed by atoms with Crippen LogP contribution in [0.15, 0.2) is 24.3 Å². The molecule has 2 aromatic heterocycles. The predicted molar refractivity (Wildman–Crippen MR) is 120 cm³/mol. The minimum Gasteiger partial charge on any atom is -0.493 e. The molecule has 3 heterocycles. The van der Waals surface area contributed by atoms with Gasteiger partial charge in [-0.3, -0.25) is 0 Å². The molecule has 0 unspecified atom stereocenters. The number of benzene rings is 1. The Labute approximate surface area is 182 Å². The first-order valence-electron chi connectivity index (χ1n) is 10.0. The minimum atomic E-state index is -3.25. The molecule has 4 rings (SSSR count). The summed E-state index contributed by atoms with van der Waals surface area (Å²) in [6.45, 7) is 5.23. The second-order valence-electron chi connectivity index (χ2n) is 7.84. The standard InChI is InChI=1S/C21H27N5O4S/c1-13-10-17(25-9-8-16(12-25)24-31(5,27)28)21-22-14(2)20(26(21)23-13)15-6-7-18(29-3)19(11-15)30-4/h6-7,10-11,16,24H,8-9,12H2,1-5H3/t16-/m1/s1. The number of imidazole rings is 1. The molecule has 0 aliphatic carbocycles. The zero-order chi connectivity index (χ0) is 22.3. The fraction of sp³-hybridized carbons (Fsp3) is 0.429. The topological polar surface area (TPSA) is 98.1 Å². The Morgan fingerprint density at radius 1 is 1.13 bits per heavy atom. The molecule has 1 aliphatic rings. The number of sulfonamides is 1. The molecule has 1 N–H and O–H groups in total. The van der Waals surface area contributed by atoms with Gasteiger partial charge in [0, 0.05) is 24.7 Å². The number of nitrogens with one attached hydrogen (secondary N) is 1. The van der Waals surface area contributed by atoms with E-state index in [1.54, 1.807) is 14.2 Å². The summed E-state index contributed by atoms with van der Waals surface area (Å²) in [5.74, 6) is 1.29. The Morgan fingerprint density at radius 2 is 1.87 bits per heavy atom. The third-order valence-corrected chi connectivity index (χ3v) is 6.19. The molecule has 0 bridgehead atoms. The van der Waals surface area contributed by atoms with Crippen molar-refractivity contribution in [3.05, 3.63) is 35.7 Å². The van der Waals surface area contributed by atoms with E-state index in [1.165, 1.54) is 6.26 Å². The van der Waals surface area contributed by atoms with Crippen molar-refractivity contribution in [3.8, 4) is 22.8 Å². The van der Waals surface area contributed by atoms with Crippen molar-refractivity contribution in [1.82, 2.24) is 19.3 Å². The fourth-order valence-corrected chi connectivity index (χ4v) is 4.95. The Hall–Kier alpha value is -2.85. The lowest BCUT2D eigenvalue weighted by Gasteiger charge is -2.20. The quantitative estimate of drug-likeness (QED) is 0.621. The van der Waals surface area contributed by atoms with E-state index >= 15 is 0 Å². The number of fused-ring (bicyclic) bond motifs is 1. The first kappa shape index (κ1) is 21.4. The summed E-state index contributed by atoms with van der Waals surface area (Å²) < 4.78 is 38.6. The van der Waals surface area contributed by atoms with Crippen LogP contribution in [0.3, 0.4) is 0 Å². The summed E-state index contributed by atoms with van der Waals surface area (Å²) >= 11 is 0. The van der Waals surface area contributed by atoms with Crippen LogP contribution in [0.2, 0.25) is 0 Å². The maximum Gasteiger partial charge on any atom is 0.209 e. The number of methoxy groups -OCH3 is 2. The molecule has 166 valence electrons. The highest BCUT2D eigenvalue weighted by atomic mass is 32.2. The number of hydrogen-bond donors (Lipinski definition) is 1. The van der Waals surface area contributed by atoms with Crippen molar-refractivity contribution in [2.45, 2.75) is 26.3 Å². The molecule has 0 amide bonds. The average molecular weight is 446 g/mol. The molecule has 1 saturated heterocycles. The molecule has 1 atom stereocenters. The van der Waals surface area contributed by atoms with E-state index in [0.717, 1.165) is 46.9 Å². The van der Waals surface area contributed by atoms with Gasteiger partial charge in [-0.05, 0) is 44.5 Å². The maximum absolute atomic E-state index is 11.6. The summed E-state index contributed by atoms with van der Waals surface area (Å²) in [4.78, 5) is 6.99. The van der Waals surface area contributed by atoms with Crippen molar-refractivity contribution in [3.63, 3.8) is 0 Å². The molecule has 1 aliphatic heterocycles. The van der Waals surface area contributed by atoms with Gasteiger partial charge in [0.25, 0.3) is 0 Å². The van der Waals surface area contributed by atoms with Gasteiger partial charge in [-0.15, -0.1) is 0 Å². The van der Waals surface area contributed by atoms with Crippen LogP contribution in [0.4, 0.5) is 5.69 Å². The van der Waals surface area contributed by atoms with Crippen LogP contribution in [0, 0.1) is 13.8 Å². The molecule has 10 heteroatoms. The predicted octanol–water partition coefficient (Wildman–Crippen LogP) is 2.16. The smallest absolute Gasteiger partial charge is 0.209 e. The number of hydrogen-bond acceptors (Lipinski definition) is 7. The highest BCUT2D eigenvalue weighted by Crippen LogP contribution is 2.35. The van der Waals surface area contributed by atoms with Gasteiger partial charge in [0.1, 0.15) is 0 Å². The van der Waals surface area contributed by atoms with E-state index in [1.807, 2.05) is 42.6 Å². The lowest BCUT2D eigenvalue weighted by Crippen LogP contribution is -2.36. The van der Waals surface area contributed by atoms with Gasteiger partial charge in [-0.1, -0.05) is 0 Å². The first-order valence-corrected chi connectivity index (χ1v) is 11.9. The van der Waals surface area contributed by atoms with Crippen LogP contribution in [-0.2, 0) is 10.0 Å². The second-order valence-corrected chi connectivity index (χ2v) is 9.62. The summed E-state index contributed by atoms with van der Waals surface area (Å²) in [6, 6.07) is 7.63. The third kappa shape index (κ3) is 4.17. The number of aryl methyl sites for hydroxylation is 2. The van der Waals surface area contributed by atoms with Crippen LogP contribution in [0.25, 0.3) is 16.9 Å². The van der Waals surface area contributed by atoms with Crippen LogP contribution in [0.5, 0.6) is 11.5 Å². The minimum absolute atomic E-state index is 0.120. The zero-order valence-electron chi connectivity index (χ0n) is 18.3. The number of anilines is 1. The maximum atomic E-state index is 11.6. The molecule has 3 aromatic rings. The Balaban J connectivity index is 1.78. The molecule has 1 aromatic carbocycles. The van der Waals surface area contributed by atoms with E-state index in [2.05, 4.69) is 9.62 Å². The molecule has 0 spiro atoms. The van der Waals surface area contributed by atoms with Crippen molar-refractivity contribution in [2.75, 3.05) is 38.5 Å². The van der Waals surface area contributed by atoms with Crippen LogP contribution < -0.4 is 19.1 Å². The highest BCUT2D eigenvalue weighted by Gasteiger charge is 2.28. The molecular formula is C21H27N5O4S. The van der Waals surface area contributed by atoms with E-state index in [0.29, 0.717) is 18.0 Å². The van der Waals surface area contributed by atoms with Gasteiger partial charge < -0.3 is 14.4 Å². The third-order valence-electron chi connectivity index (χ3n) is 5.43. The molecular weight excluding hydrogens is 418 g/mol. The molecule has 9 nitrogen and oxygen atoms in total. The van der Waals surface area contributed by atoms with Crippen molar-refractivity contribution < 1.29 is 17.9 Å². The normalized spacial score (nSPS) is 16.8. The van der Waals surface area contributed by atoms with Crippen LogP contribution in [-0.4, -0.2) is 62.6 Å². The van der Waals surface area contributed by atoms with E-state index < -0.39 is 10.0 Å². The van der Waals surface area contributed by atoms with E-state index in [4.69, 9.17) is 19.6 Å². The summed E-state index contributed by atoms with van der Waals surface area (Å²) in [5.41, 5.74) is 5.18.